The molecule has 0 radical (unpaired) electrons. The van der Waals surface area contributed by atoms with Crippen molar-refractivity contribution >= 4 is 45.6 Å². The first kappa shape index (κ1) is 22.4. The molecule has 0 fully saturated rings. The van der Waals surface area contributed by atoms with Gasteiger partial charge in [0.05, 0.1) is 18.8 Å². The monoisotopic (exact) mass is 400 g/mol. The van der Waals surface area contributed by atoms with Crippen LogP contribution < -0.4 is 10.6 Å². The molecule has 0 unspecified atom stereocenters. The molecule has 1 heterocycles. The molecule has 0 aliphatic rings. The van der Waals surface area contributed by atoms with Crippen molar-refractivity contribution in [2.75, 3.05) is 25.1 Å². The van der Waals surface area contributed by atoms with Crippen molar-refractivity contribution in [2.45, 2.75) is 53.4 Å². The Balaban J connectivity index is 2.90. The van der Waals surface area contributed by atoms with Gasteiger partial charge in [-0.15, -0.1) is 11.3 Å². The van der Waals surface area contributed by atoms with E-state index in [0.717, 1.165) is 30.7 Å². The van der Waals surface area contributed by atoms with Gasteiger partial charge in [-0.3, -0.25) is 0 Å². The zero-order chi connectivity index (χ0) is 19.5. The van der Waals surface area contributed by atoms with Crippen LogP contribution in [0.1, 0.15) is 72.0 Å². The quantitative estimate of drug-likeness (QED) is 0.345. The van der Waals surface area contributed by atoms with Crippen molar-refractivity contribution in [1.82, 2.24) is 5.32 Å². The highest BCUT2D eigenvalue weighted by Gasteiger charge is 2.26. The summed E-state index contributed by atoms with van der Waals surface area (Å²) < 4.78 is 10.2. The molecule has 0 saturated heterocycles. The molecular weight excluding hydrogens is 372 g/mol. The Morgan fingerprint density at radius 2 is 1.69 bits per heavy atom. The van der Waals surface area contributed by atoms with Crippen molar-refractivity contribution in [3.63, 3.8) is 0 Å². The van der Waals surface area contributed by atoms with Crippen molar-refractivity contribution in [3.05, 3.63) is 16.0 Å². The predicted molar refractivity (Wildman–Crippen MR) is 109 cm³/mol. The number of hydrogen-bond donors (Lipinski definition) is 2. The lowest BCUT2D eigenvalue weighted by molar-refractivity contribution is 0.0527. The number of unbranched alkanes of at least 4 members (excludes halogenated alkanes) is 3. The molecule has 0 saturated carbocycles. The summed E-state index contributed by atoms with van der Waals surface area (Å²) in [6.07, 6.45) is 4.54. The lowest BCUT2D eigenvalue weighted by Crippen LogP contribution is -2.29. The van der Waals surface area contributed by atoms with Gasteiger partial charge in [0.25, 0.3) is 0 Å². The van der Waals surface area contributed by atoms with Crippen molar-refractivity contribution < 1.29 is 19.1 Å². The fraction of sp³-hybridized carbons (Fsp3) is 0.611. The van der Waals surface area contributed by atoms with Crippen LogP contribution in [0.2, 0.25) is 0 Å². The Morgan fingerprint density at radius 1 is 1.04 bits per heavy atom. The number of esters is 2. The summed E-state index contributed by atoms with van der Waals surface area (Å²) in [5.74, 6) is -0.933. The van der Waals surface area contributed by atoms with Gasteiger partial charge in [0.1, 0.15) is 9.88 Å². The summed E-state index contributed by atoms with van der Waals surface area (Å²) in [6.45, 7) is 8.63. The Kier molecular flexibility index (Phi) is 10.2. The minimum absolute atomic E-state index is 0.252. The molecule has 26 heavy (non-hydrogen) atoms. The Labute approximate surface area is 164 Å². The highest BCUT2D eigenvalue weighted by Crippen LogP contribution is 2.34. The summed E-state index contributed by atoms with van der Waals surface area (Å²) in [7, 11) is 0. The van der Waals surface area contributed by atoms with Gasteiger partial charge in [0.15, 0.2) is 5.11 Å². The van der Waals surface area contributed by atoms with Gasteiger partial charge in [-0.2, -0.15) is 0 Å². The van der Waals surface area contributed by atoms with Gasteiger partial charge in [0.2, 0.25) is 0 Å². The Morgan fingerprint density at radius 3 is 2.31 bits per heavy atom. The standard InChI is InChI=1S/C18H28N2O4S2/c1-5-8-9-10-11-19-18(25)20-15-13(16(21)23-6-2)12(4)14(26-15)17(22)24-7-3/h5-11H2,1-4H3,(H2,19,20,25). The molecule has 0 amide bonds. The number of nitrogens with one attached hydrogen (secondary N) is 2. The number of thiophene rings is 1. The molecule has 2 N–H and O–H groups in total. The maximum absolute atomic E-state index is 12.3. The van der Waals surface area contributed by atoms with Crippen LogP contribution in [0.4, 0.5) is 5.00 Å². The molecule has 0 atom stereocenters. The molecule has 8 heteroatoms. The van der Waals surface area contributed by atoms with E-state index in [1.165, 1.54) is 12.8 Å². The van der Waals surface area contributed by atoms with Crippen LogP contribution in [0.5, 0.6) is 0 Å². The highest BCUT2D eigenvalue weighted by molar-refractivity contribution is 7.80. The second-order valence-corrected chi connectivity index (χ2v) is 7.07. The molecule has 1 rings (SSSR count). The maximum atomic E-state index is 12.3. The number of carbonyl (C=O) groups excluding carboxylic acids is 2. The maximum Gasteiger partial charge on any atom is 0.348 e. The molecule has 1 aromatic heterocycles. The summed E-state index contributed by atoms with van der Waals surface area (Å²) >= 11 is 6.46. The van der Waals surface area contributed by atoms with Crippen LogP contribution in [0, 0.1) is 6.92 Å². The average molecular weight is 401 g/mol. The highest BCUT2D eigenvalue weighted by atomic mass is 32.1. The first-order valence-corrected chi connectivity index (χ1v) is 10.2. The van der Waals surface area contributed by atoms with E-state index in [4.69, 9.17) is 21.7 Å². The van der Waals surface area contributed by atoms with Crippen LogP contribution >= 0.6 is 23.6 Å². The number of thiocarbonyl (C=S) groups is 1. The second-order valence-electron chi connectivity index (χ2n) is 5.64. The lowest BCUT2D eigenvalue weighted by atomic mass is 10.1. The predicted octanol–water partition coefficient (Wildman–Crippen LogP) is 4.28. The number of rotatable bonds is 10. The summed E-state index contributed by atoms with van der Waals surface area (Å²) in [6, 6.07) is 0. The van der Waals surface area contributed by atoms with Crippen LogP contribution in [0.15, 0.2) is 0 Å². The molecule has 0 aromatic carbocycles. The van der Waals surface area contributed by atoms with Crippen LogP contribution in [-0.2, 0) is 9.47 Å². The lowest BCUT2D eigenvalue weighted by Gasteiger charge is -2.11. The summed E-state index contributed by atoms with van der Waals surface area (Å²) in [5, 5.41) is 7.07. The zero-order valence-corrected chi connectivity index (χ0v) is 17.5. The molecule has 146 valence electrons. The molecular formula is C18H28N2O4S2. The SMILES string of the molecule is CCCCCCNC(=S)Nc1sc(C(=O)OCC)c(C)c1C(=O)OCC. The molecule has 0 spiro atoms. The summed E-state index contributed by atoms with van der Waals surface area (Å²) in [4.78, 5) is 24.8. The second kappa shape index (κ2) is 11.9. The fourth-order valence-electron chi connectivity index (χ4n) is 2.34. The fourth-order valence-corrected chi connectivity index (χ4v) is 3.70. The molecule has 0 aliphatic heterocycles. The minimum atomic E-state index is -0.481. The van der Waals surface area contributed by atoms with E-state index >= 15 is 0 Å². The third kappa shape index (κ3) is 6.57. The van der Waals surface area contributed by atoms with Crippen LogP contribution in [0.3, 0.4) is 0 Å². The Hall–Kier alpha value is -1.67. The minimum Gasteiger partial charge on any atom is -0.462 e. The summed E-state index contributed by atoms with van der Waals surface area (Å²) in [5.41, 5.74) is 0.871. The van der Waals surface area contributed by atoms with E-state index in [0.29, 0.717) is 26.1 Å². The van der Waals surface area contributed by atoms with Gasteiger partial charge >= 0.3 is 11.9 Å². The van der Waals surface area contributed by atoms with E-state index < -0.39 is 11.9 Å². The van der Waals surface area contributed by atoms with Gasteiger partial charge in [0, 0.05) is 6.54 Å². The van der Waals surface area contributed by atoms with Gasteiger partial charge in [-0.05, 0) is 45.0 Å². The van der Waals surface area contributed by atoms with Crippen molar-refractivity contribution in [1.29, 1.82) is 0 Å². The van der Waals surface area contributed by atoms with E-state index in [-0.39, 0.29) is 13.2 Å². The van der Waals surface area contributed by atoms with Crippen molar-refractivity contribution in [2.24, 2.45) is 0 Å². The zero-order valence-electron chi connectivity index (χ0n) is 15.9. The van der Waals surface area contributed by atoms with Gasteiger partial charge in [-0.1, -0.05) is 26.2 Å². The average Bonchev–Trinajstić information content (AvgIpc) is 2.91. The largest absolute Gasteiger partial charge is 0.462 e. The van der Waals surface area contributed by atoms with Crippen molar-refractivity contribution in [3.8, 4) is 0 Å². The third-order valence-corrected chi connectivity index (χ3v) is 5.06. The molecule has 0 aliphatic carbocycles. The third-order valence-electron chi connectivity index (χ3n) is 3.63. The van der Waals surface area contributed by atoms with Crippen LogP contribution in [-0.4, -0.2) is 36.8 Å². The van der Waals surface area contributed by atoms with E-state index in [1.807, 2.05) is 0 Å². The molecule has 6 nitrogen and oxygen atoms in total. The topological polar surface area (TPSA) is 76.7 Å². The van der Waals surface area contributed by atoms with E-state index in [2.05, 4.69) is 17.6 Å². The van der Waals surface area contributed by atoms with E-state index in [9.17, 15) is 9.59 Å². The van der Waals surface area contributed by atoms with Gasteiger partial charge < -0.3 is 20.1 Å². The first-order valence-electron chi connectivity index (χ1n) is 8.98. The molecule has 0 bridgehead atoms. The normalized spacial score (nSPS) is 10.3. The van der Waals surface area contributed by atoms with E-state index in [1.54, 1.807) is 20.8 Å². The number of anilines is 1. The Bertz CT molecular complexity index is 629. The van der Waals surface area contributed by atoms with Gasteiger partial charge in [-0.25, -0.2) is 9.59 Å². The number of hydrogen-bond acceptors (Lipinski definition) is 6. The number of ether oxygens (including phenoxy) is 2. The first-order chi connectivity index (χ1) is 12.5. The molecule has 1 aromatic rings. The smallest absolute Gasteiger partial charge is 0.348 e. The van der Waals surface area contributed by atoms with Crippen LogP contribution in [0.25, 0.3) is 0 Å². The number of carbonyl (C=O) groups is 2.